The lowest BCUT2D eigenvalue weighted by atomic mass is 9.99. The Hall–Kier alpha value is -2.61. The maximum atomic E-state index is 11.2. The van der Waals surface area contributed by atoms with Crippen molar-refractivity contribution in [3.63, 3.8) is 0 Å². The number of hydrogen-bond acceptors (Lipinski definition) is 5. The van der Waals surface area contributed by atoms with Crippen molar-refractivity contribution in [1.29, 1.82) is 0 Å². The molecule has 2 unspecified atom stereocenters. The summed E-state index contributed by atoms with van der Waals surface area (Å²) in [5, 5.41) is 11.3. The average Bonchev–Trinajstić information content (AvgIpc) is 3.15. The second-order valence-corrected chi connectivity index (χ2v) is 14.6. The zero-order chi connectivity index (χ0) is 24.4. The second-order valence-electron chi connectivity index (χ2n) is 9.85. The Balaban J connectivity index is 1.88. The molecule has 0 bridgehead atoms. The molecule has 0 saturated carbocycles. The van der Waals surface area contributed by atoms with Crippen LogP contribution in [0.3, 0.4) is 0 Å². The molecule has 0 fully saturated rings. The van der Waals surface area contributed by atoms with E-state index in [2.05, 4.69) is 38.8 Å². The van der Waals surface area contributed by atoms with Gasteiger partial charge in [-0.2, -0.15) is 0 Å². The SMILES string of the molecule is COc1ccc(C(OC)c2c(C(O)c3ccc(O[Si](C)(C)C(C)(C)C)cc3)ncn2C)cc1. The number of hydrogen-bond donors (Lipinski definition) is 1. The van der Waals surface area contributed by atoms with Gasteiger partial charge in [-0.25, -0.2) is 4.98 Å². The zero-order valence-corrected chi connectivity index (χ0v) is 21.9. The smallest absolute Gasteiger partial charge is 0.250 e. The monoisotopic (exact) mass is 468 g/mol. The minimum Gasteiger partial charge on any atom is -0.544 e. The fraction of sp³-hybridized carbons (Fsp3) is 0.423. The zero-order valence-electron chi connectivity index (χ0n) is 20.9. The van der Waals surface area contributed by atoms with E-state index in [-0.39, 0.29) is 11.1 Å². The molecular formula is C26H36N2O4Si. The number of imidazole rings is 1. The van der Waals surface area contributed by atoms with Crippen LogP contribution in [0.15, 0.2) is 54.9 Å². The van der Waals surface area contributed by atoms with Crippen molar-refractivity contribution >= 4 is 8.32 Å². The minimum absolute atomic E-state index is 0.116. The molecule has 3 aromatic rings. The summed E-state index contributed by atoms with van der Waals surface area (Å²) in [6.07, 6.45) is 0.437. The van der Waals surface area contributed by atoms with Gasteiger partial charge in [0.15, 0.2) is 0 Å². The Morgan fingerprint density at radius 1 is 0.909 bits per heavy atom. The lowest BCUT2D eigenvalue weighted by molar-refractivity contribution is 0.125. The van der Waals surface area contributed by atoms with Gasteiger partial charge in [0.2, 0.25) is 8.32 Å². The standard InChI is InChI=1S/C26H36N2O4Si/c1-26(2,3)33(7,8)32-21-15-9-18(10-16-21)24(29)22-23(28(4)17-27-22)25(31-6)19-11-13-20(30-5)14-12-19/h9-17,24-25,29H,1-8H3. The molecule has 0 aliphatic carbocycles. The van der Waals surface area contributed by atoms with E-state index in [0.29, 0.717) is 5.69 Å². The third-order valence-electron chi connectivity index (χ3n) is 6.55. The molecule has 2 atom stereocenters. The molecule has 1 heterocycles. The predicted octanol–water partition coefficient (Wildman–Crippen LogP) is 5.63. The van der Waals surface area contributed by atoms with Crippen LogP contribution in [0.2, 0.25) is 18.1 Å². The van der Waals surface area contributed by atoms with E-state index in [9.17, 15) is 5.11 Å². The lowest BCUT2D eigenvalue weighted by Crippen LogP contribution is -2.43. The molecule has 0 aliphatic rings. The Kier molecular flexibility index (Phi) is 7.36. The summed E-state index contributed by atoms with van der Waals surface area (Å²) in [4.78, 5) is 4.52. The quantitative estimate of drug-likeness (QED) is 0.434. The van der Waals surface area contributed by atoms with Crippen LogP contribution in [0.1, 0.15) is 55.5 Å². The fourth-order valence-electron chi connectivity index (χ4n) is 3.50. The van der Waals surface area contributed by atoms with Gasteiger partial charge in [-0.1, -0.05) is 45.0 Å². The van der Waals surface area contributed by atoms with Crippen LogP contribution in [-0.2, 0) is 11.8 Å². The van der Waals surface area contributed by atoms with Gasteiger partial charge in [0.25, 0.3) is 0 Å². The van der Waals surface area contributed by atoms with Crippen molar-refractivity contribution in [2.75, 3.05) is 14.2 Å². The van der Waals surface area contributed by atoms with Crippen molar-refractivity contribution in [2.45, 2.75) is 51.1 Å². The first-order valence-corrected chi connectivity index (χ1v) is 14.0. The maximum Gasteiger partial charge on any atom is 0.250 e. The molecule has 3 rings (SSSR count). The van der Waals surface area contributed by atoms with Gasteiger partial charge in [-0.15, -0.1) is 0 Å². The summed E-state index contributed by atoms with van der Waals surface area (Å²) in [5.41, 5.74) is 3.07. The van der Waals surface area contributed by atoms with Gasteiger partial charge in [-0.3, -0.25) is 0 Å². The van der Waals surface area contributed by atoms with Gasteiger partial charge < -0.3 is 23.6 Å². The predicted molar refractivity (Wildman–Crippen MR) is 133 cm³/mol. The molecule has 178 valence electrons. The van der Waals surface area contributed by atoms with E-state index in [0.717, 1.165) is 28.3 Å². The highest BCUT2D eigenvalue weighted by Gasteiger charge is 2.39. The summed E-state index contributed by atoms with van der Waals surface area (Å²) in [6.45, 7) is 11.1. The number of aliphatic hydroxyl groups is 1. The van der Waals surface area contributed by atoms with Gasteiger partial charge in [0, 0.05) is 14.2 Å². The van der Waals surface area contributed by atoms with E-state index in [1.807, 2.05) is 60.1 Å². The first kappa shape index (κ1) is 25.0. The van der Waals surface area contributed by atoms with Crippen LogP contribution in [-0.4, -0.2) is 37.2 Å². The Labute approximate surface area is 198 Å². The van der Waals surface area contributed by atoms with Crippen LogP contribution in [0, 0.1) is 0 Å². The van der Waals surface area contributed by atoms with E-state index < -0.39 is 14.4 Å². The Morgan fingerprint density at radius 3 is 1.97 bits per heavy atom. The largest absolute Gasteiger partial charge is 0.544 e. The molecular weight excluding hydrogens is 432 g/mol. The van der Waals surface area contributed by atoms with Crippen molar-refractivity contribution in [3.8, 4) is 11.5 Å². The maximum absolute atomic E-state index is 11.2. The molecule has 1 N–H and O–H groups in total. The molecule has 0 saturated heterocycles. The molecule has 0 aliphatic heterocycles. The number of methoxy groups -OCH3 is 2. The number of rotatable bonds is 8. The minimum atomic E-state index is -1.93. The highest BCUT2D eigenvalue weighted by Crippen LogP contribution is 2.38. The van der Waals surface area contributed by atoms with Crippen LogP contribution < -0.4 is 9.16 Å². The number of aromatic nitrogens is 2. The van der Waals surface area contributed by atoms with Crippen LogP contribution >= 0.6 is 0 Å². The third-order valence-corrected chi connectivity index (χ3v) is 10.9. The number of nitrogens with zero attached hydrogens (tertiary/aromatic N) is 2. The average molecular weight is 469 g/mol. The molecule has 0 radical (unpaired) electrons. The molecule has 0 amide bonds. The van der Waals surface area contributed by atoms with Gasteiger partial charge in [0.05, 0.1) is 24.8 Å². The van der Waals surface area contributed by atoms with Crippen molar-refractivity contribution in [2.24, 2.45) is 7.05 Å². The third kappa shape index (κ3) is 5.32. The Bertz CT molecular complexity index is 1050. The van der Waals surface area contributed by atoms with Crippen LogP contribution in [0.5, 0.6) is 11.5 Å². The highest BCUT2D eigenvalue weighted by atomic mass is 28.4. The molecule has 2 aromatic carbocycles. The molecule has 1 aromatic heterocycles. The fourth-order valence-corrected chi connectivity index (χ4v) is 4.53. The van der Waals surface area contributed by atoms with Crippen LogP contribution in [0.4, 0.5) is 0 Å². The first-order chi connectivity index (χ1) is 15.5. The first-order valence-electron chi connectivity index (χ1n) is 11.1. The van der Waals surface area contributed by atoms with Crippen molar-refractivity contribution < 1.29 is 19.0 Å². The summed E-state index contributed by atoms with van der Waals surface area (Å²) in [6, 6.07) is 15.4. The van der Waals surface area contributed by atoms with Crippen molar-refractivity contribution in [3.05, 3.63) is 77.4 Å². The molecule has 33 heavy (non-hydrogen) atoms. The molecule has 0 spiro atoms. The highest BCUT2D eigenvalue weighted by molar-refractivity contribution is 6.74. The number of aryl methyl sites for hydroxylation is 1. The summed E-state index contributed by atoms with van der Waals surface area (Å²) < 4.78 is 19.4. The second kappa shape index (κ2) is 9.71. The van der Waals surface area contributed by atoms with Crippen LogP contribution in [0.25, 0.3) is 0 Å². The molecule has 7 heteroatoms. The van der Waals surface area contributed by atoms with E-state index >= 15 is 0 Å². The van der Waals surface area contributed by atoms with E-state index in [4.69, 9.17) is 13.9 Å². The summed E-state index contributed by atoms with van der Waals surface area (Å²) in [7, 11) is 3.28. The summed E-state index contributed by atoms with van der Waals surface area (Å²) in [5.74, 6) is 1.60. The van der Waals surface area contributed by atoms with E-state index in [1.54, 1.807) is 20.5 Å². The van der Waals surface area contributed by atoms with Crippen molar-refractivity contribution in [1.82, 2.24) is 9.55 Å². The van der Waals surface area contributed by atoms with E-state index in [1.165, 1.54) is 0 Å². The van der Waals surface area contributed by atoms with Gasteiger partial charge >= 0.3 is 0 Å². The molecule has 6 nitrogen and oxygen atoms in total. The van der Waals surface area contributed by atoms with Gasteiger partial charge in [0.1, 0.15) is 23.7 Å². The summed E-state index contributed by atoms with van der Waals surface area (Å²) >= 11 is 0. The number of ether oxygens (including phenoxy) is 2. The number of aliphatic hydroxyl groups excluding tert-OH is 1. The normalized spacial score (nSPS) is 14.1. The number of benzene rings is 2. The topological polar surface area (TPSA) is 65.7 Å². The van der Waals surface area contributed by atoms with Gasteiger partial charge in [-0.05, 0) is 53.5 Å². The Morgan fingerprint density at radius 2 is 1.45 bits per heavy atom. The lowest BCUT2D eigenvalue weighted by Gasteiger charge is -2.36.